The Morgan fingerprint density at radius 3 is 2.36 bits per heavy atom. The number of methoxy groups -OCH3 is 1. The average molecular weight is 497 g/mol. The van der Waals surface area contributed by atoms with Gasteiger partial charge in [0, 0.05) is 11.1 Å². The lowest BCUT2D eigenvalue weighted by atomic mass is 10.0. The lowest BCUT2D eigenvalue weighted by Gasteiger charge is -2.15. The Bertz CT molecular complexity index is 1630. The van der Waals surface area contributed by atoms with Gasteiger partial charge in [0.2, 0.25) is 0 Å². The quantitative estimate of drug-likeness (QED) is 0.404. The molecule has 3 N–H and O–H groups in total. The first-order valence-electron chi connectivity index (χ1n) is 10.2. The molecule has 14 heteroatoms. The van der Waals surface area contributed by atoms with Crippen LogP contribution < -0.4 is 11.4 Å². The van der Waals surface area contributed by atoms with E-state index < -0.39 is 29.4 Å². The first kappa shape index (κ1) is 22.9. The van der Waals surface area contributed by atoms with Crippen LogP contribution in [0.3, 0.4) is 0 Å². The van der Waals surface area contributed by atoms with Crippen LogP contribution in [-0.2, 0) is 10.4 Å². The highest BCUT2D eigenvalue weighted by atomic mass is 19.4. The van der Waals surface area contributed by atoms with Gasteiger partial charge in [0.1, 0.15) is 5.52 Å². The maximum atomic E-state index is 13.3. The third-order valence-corrected chi connectivity index (χ3v) is 5.54. The van der Waals surface area contributed by atoms with Gasteiger partial charge < -0.3 is 15.5 Å². The minimum atomic E-state index is -4.69. The van der Waals surface area contributed by atoms with E-state index in [2.05, 4.69) is 25.2 Å². The minimum Gasteiger partial charge on any atom is -0.465 e. The van der Waals surface area contributed by atoms with Crippen LogP contribution in [0, 0.1) is 0 Å². The number of carbonyl (C=O) groups excluding carboxylic acids is 2. The summed E-state index contributed by atoms with van der Waals surface area (Å²) < 4.78 is 45.7. The molecule has 0 fully saturated rings. The SMILES string of the molecule is COC(=O)c1cccc(-n2c(=O)[nH]c3c(C(N)=O)nc(-c4ccc(C5(C(F)(F)F)N=N5)cc4)nc32)c1. The van der Waals surface area contributed by atoms with Crippen molar-refractivity contribution in [1.29, 1.82) is 0 Å². The first-order chi connectivity index (χ1) is 17.1. The number of hydrogen-bond acceptors (Lipinski definition) is 8. The second-order valence-electron chi connectivity index (χ2n) is 7.71. The lowest BCUT2D eigenvalue weighted by molar-refractivity contribution is -0.166. The number of ether oxygens (including phenoxy) is 1. The summed E-state index contributed by atoms with van der Waals surface area (Å²) in [5.74, 6) is -1.68. The number of fused-ring (bicyclic) bond motifs is 1. The Morgan fingerprint density at radius 2 is 1.78 bits per heavy atom. The van der Waals surface area contributed by atoms with Crippen molar-refractivity contribution < 1.29 is 27.5 Å². The van der Waals surface area contributed by atoms with E-state index in [0.29, 0.717) is 0 Å². The molecule has 1 aliphatic heterocycles. The molecule has 1 amide bonds. The molecule has 2 aromatic heterocycles. The highest BCUT2D eigenvalue weighted by Crippen LogP contribution is 2.52. The monoisotopic (exact) mass is 497 g/mol. The van der Waals surface area contributed by atoms with Crippen molar-refractivity contribution in [2.45, 2.75) is 11.8 Å². The van der Waals surface area contributed by atoms with E-state index in [9.17, 15) is 27.6 Å². The molecule has 0 unspecified atom stereocenters. The minimum absolute atomic E-state index is 0.0381. The number of esters is 1. The van der Waals surface area contributed by atoms with Crippen molar-refractivity contribution >= 4 is 23.0 Å². The number of primary amides is 1. The fraction of sp³-hybridized carbons (Fsp3) is 0.136. The van der Waals surface area contributed by atoms with Crippen molar-refractivity contribution in [2.75, 3.05) is 7.11 Å². The zero-order chi connectivity index (χ0) is 25.8. The molecule has 0 aliphatic carbocycles. The van der Waals surface area contributed by atoms with E-state index in [-0.39, 0.29) is 45.1 Å². The number of imidazole rings is 1. The van der Waals surface area contributed by atoms with Crippen LogP contribution in [0.4, 0.5) is 13.2 Å². The number of aromatic amines is 1. The molecule has 5 rings (SSSR count). The molecule has 0 saturated carbocycles. The number of hydrogen-bond donors (Lipinski definition) is 2. The molecule has 11 nitrogen and oxygen atoms in total. The molecule has 36 heavy (non-hydrogen) atoms. The molecule has 4 aromatic rings. The Morgan fingerprint density at radius 1 is 1.08 bits per heavy atom. The fourth-order valence-electron chi connectivity index (χ4n) is 3.72. The van der Waals surface area contributed by atoms with Crippen molar-refractivity contribution in [2.24, 2.45) is 16.0 Å². The van der Waals surface area contributed by atoms with Gasteiger partial charge in [-0.15, -0.1) is 10.2 Å². The normalized spacial score (nSPS) is 14.1. The van der Waals surface area contributed by atoms with Crippen LogP contribution in [0.1, 0.15) is 26.4 Å². The topological polar surface area (TPSA) is 158 Å². The molecule has 0 bridgehead atoms. The fourth-order valence-corrected chi connectivity index (χ4v) is 3.72. The van der Waals surface area contributed by atoms with Crippen LogP contribution in [0.2, 0.25) is 0 Å². The number of rotatable bonds is 5. The van der Waals surface area contributed by atoms with Gasteiger partial charge in [-0.1, -0.05) is 30.3 Å². The van der Waals surface area contributed by atoms with Crippen molar-refractivity contribution in [3.05, 3.63) is 75.8 Å². The summed E-state index contributed by atoms with van der Waals surface area (Å²) in [6, 6.07) is 10.9. The summed E-state index contributed by atoms with van der Waals surface area (Å²) in [6.45, 7) is 0. The number of aromatic nitrogens is 4. The largest absolute Gasteiger partial charge is 0.465 e. The summed E-state index contributed by atoms with van der Waals surface area (Å²) in [7, 11) is 1.21. The smallest absolute Gasteiger partial charge is 0.442 e. The highest BCUT2D eigenvalue weighted by molar-refractivity contribution is 6.02. The van der Waals surface area contributed by atoms with Crippen molar-refractivity contribution in [3.8, 4) is 17.1 Å². The molecule has 2 aromatic carbocycles. The molecule has 0 spiro atoms. The number of benzene rings is 2. The predicted octanol–water partition coefficient (Wildman–Crippen LogP) is 2.84. The number of nitrogens with two attached hydrogens (primary N) is 1. The number of alkyl halides is 3. The summed E-state index contributed by atoms with van der Waals surface area (Å²) in [4.78, 5) is 47.9. The average Bonchev–Trinajstić information content (AvgIpc) is 3.61. The Hall–Kier alpha value is -4.88. The van der Waals surface area contributed by atoms with Crippen molar-refractivity contribution in [3.63, 3.8) is 0 Å². The number of H-pyrrole nitrogens is 1. The van der Waals surface area contributed by atoms with Gasteiger partial charge in [-0.25, -0.2) is 24.1 Å². The molecular formula is C22H14F3N7O4. The molecule has 0 atom stereocenters. The molecule has 182 valence electrons. The van der Waals surface area contributed by atoms with Crippen LogP contribution in [0.5, 0.6) is 0 Å². The Labute approximate surface area is 198 Å². The summed E-state index contributed by atoms with van der Waals surface area (Å²) in [5.41, 5.74) is 2.21. The molecule has 3 heterocycles. The van der Waals surface area contributed by atoms with Crippen LogP contribution >= 0.6 is 0 Å². The van der Waals surface area contributed by atoms with Crippen molar-refractivity contribution in [1.82, 2.24) is 19.5 Å². The zero-order valence-corrected chi connectivity index (χ0v) is 18.2. The van der Waals surface area contributed by atoms with Crippen LogP contribution in [0.25, 0.3) is 28.2 Å². The zero-order valence-electron chi connectivity index (χ0n) is 18.2. The van der Waals surface area contributed by atoms with Gasteiger partial charge in [-0.2, -0.15) is 13.2 Å². The highest BCUT2D eigenvalue weighted by Gasteiger charge is 2.65. The maximum absolute atomic E-state index is 13.3. The van der Waals surface area contributed by atoms with Gasteiger partial charge in [0.15, 0.2) is 17.2 Å². The van der Waals surface area contributed by atoms with Gasteiger partial charge in [0.05, 0.1) is 18.4 Å². The van der Waals surface area contributed by atoms with Gasteiger partial charge in [-0.3, -0.25) is 4.79 Å². The second-order valence-corrected chi connectivity index (χ2v) is 7.71. The summed E-state index contributed by atoms with van der Waals surface area (Å²) in [5, 5.41) is 6.32. The third kappa shape index (κ3) is 3.50. The lowest BCUT2D eigenvalue weighted by Crippen LogP contribution is -2.29. The Balaban J connectivity index is 1.66. The van der Waals surface area contributed by atoms with E-state index in [4.69, 9.17) is 10.5 Å². The predicted molar refractivity (Wildman–Crippen MR) is 117 cm³/mol. The van der Waals surface area contributed by atoms with Crippen LogP contribution in [-0.4, -0.2) is 44.7 Å². The first-order valence-corrected chi connectivity index (χ1v) is 10.2. The van der Waals surface area contributed by atoms with Gasteiger partial charge in [-0.05, 0) is 18.2 Å². The second kappa shape index (κ2) is 7.83. The Kier molecular flexibility index (Phi) is 4.98. The maximum Gasteiger partial charge on any atom is 0.442 e. The van der Waals surface area contributed by atoms with E-state index in [0.717, 1.165) is 4.57 Å². The summed E-state index contributed by atoms with van der Waals surface area (Å²) in [6.07, 6.45) is -4.69. The third-order valence-electron chi connectivity index (χ3n) is 5.54. The molecule has 1 aliphatic rings. The van der Waals surface area contributed by atoms with E-state index in [1.807, 2.05) is 0 Å². The number of amides is 1. The molecule has 0 saturated heterocycles. The number of nitrogens with zero attached hydrogens (tertiary/aromatic N) is 5. The van der Waals surface area contributed by atoms with E-state index in [1.165, 1.54) is 55.6 Å². The van der Waals surface area contributed by atoms with Gasteiger partial charge in [0.25, 0.3) is 5.91 Å². The molecular weight excluding hydrogens is 483 g/mol. The summed E-state index contributed by atoms with van der Waals surface area (Å²) >= 11 is 0. The number of nitrogens with one attached hydrogen (secondary N) is 1. The molecule has 0 radical (unpaired) electrons. The van der Waals surface area contributed by atoms with E-state index in [1.54, 1.807) is 0 Å². The van der Waals surface area contributed by atoms with Gasteiger partial charge >= 0.3 is 23.5 Å². The standard InChI is InChI=1S/C22H14F3N7O4/c1-36-19(34)11-3-2-4-13(9-11)32-18-15(28-20(32)35)14(16(26)33)27-17(29-18)10-5-7-12(8-6-10)21(30-31-21)22(23,24)25/h2-9H,1H3,(H2,26,33)(H,28,35). The van der Waals surface area contributed by atoms with E-state index >= 15 is 0 Å². The number of halogens is 3. The van der Waals surface area contributed by atoms with Crippen LogP contribution in [0.15, 0.2) is 63.6 Å². The number of carbonyl (C=O) groups is 2.